The molecule has 1 N–H and O–H groups in total. The van der Waals surface area contributed by atoms with Gasteiger partial charge in [-0.2, -0.15) is 0 Å². The highest BCUT2D eigenvalue weighted by Crippen LogP contribution is 2.41. The maximum atomic E-state index is 5.49. The molecule has 9 nitrogen and oxygen atoms in total. The van der Waals surface area contributed by atoms with Crippen molar-refractivity contribution in [1.29, 1.82) is 0 Å². The van der Waals surface area contributed by atoms with Gasteiger partial charge in [-0.05, 0) is 42.0 Å². The van der Waals surface area contributed by atoms with E-state index in [1.165, 1.54) is 0 Å². The average Bonchev–Trinajstić information content (AvgIpc) is 3.47. The SMILES string of the molecule is COc1cc(-c2cnc3ccc(NCc4ccc5c(c4)OCO5)nn23)cc(OC)c1OC. The summed E-state index contributed by atoms with van der Waals surface area (Å²) in [5.41, 5.74) is 3.42. The Hall–Kier alpha value is -4.14. The first-order valence-corrected chi connectivity index (χ1v) is 9.97. The van der Waals surface area contributed by atoms with Gasteiger partial charge in [-0.15, -0.1) is 5.10 Å². The van der Waals surface area contributed by atoms with Gasteiger partial charge < -0.3 is 29.0 Å². The van der Waals surface area contributed by atoms with Gasteiger partial charge in [-0.3, -0.25) is 0 Å². The first-order valence-electron chi connectivity index (χ1n) is 9.97. The minimum absolute atomic E-state index is 0.259. The molecule has 0 saturated heterocycles. The Morgan fingerprint density at radius 3 is 2.47 bits per heavy atom. The van der Waals surface area contributed by atoms with Gasteiger partial charge in [0.1, 0.15) is 5.82 Å². The lowest BCUT2D eigenvalue weighted by Crippen LogP contribution is -2.05. The van der Waals surface area contributed by atoms with Crippen molar-refractivity contribution in [2.75, 3.05) is 33.4 Å². The molecule has 1 aliphatic heterocycles. The summed E-state index contributed by atoms with van der Waals surface area (Å²) in [5.74, 6) is 3.89. The predicted octanol–water partition coefficient (Wildman–Crippen LogP) is 3.76. The molecule has 0 saturated carbocycles. The Morgan fingerprint density at radius 2 is 1.72 bits per heavy atom. The summed E-state index contributed by atoms with van der Waals surface area (Å²) in [6, 6.07) is 13.4. The van der Waals surface area contributed by atoms with Gasteiger partial charge in [-0.1, -0.05) is 6.07 Å². The third-order valence-corrected chi connectivity index (χ3v) is 5.23. The van der Waals surface area contributed by atoms with E-state index in [-0.39, 0.29) is 6.79 Å². The zero-order chi connectivity index (χ0) is 22.1. The number of fused-ring (bicyclic) bond motifs is 2. The first kappa shape index (κ1) is 19.8. The summed E-state index contributed by atoms with van der Waals surface area (Å²) in [5, 5.41) is 8.08. The molecular weight excluding hydrogens is 412 g/mol. The van der Waals surface area contributed by atoms with E-state index in [2.05, 4.69) is 10.3 Å². The number of aromatic nitrogens is 3. The Kier molecular flexibility index (Phi) is 5.06. The predicted molar refractivity (Wildman–Crippen MR) is 118 cm³/mol. The van der Waals surface area contributed by atoms with Gasteiger partial charge in [0.2, 0.25) is 12.5 Å². The molecule has 164 valence electrons. The lowest BCUT2D eigenvalue weighted by molar-refractivity contribution is 0.174. The van der Waals surface area contributed by atoms with Crippen molar-refractivity contribution in [3.8, 4) is 40.0 Å². The summed E-state index contributed by atoms with van der Waals surface area (Å²) in [4.78, 5) is 4.48. The summed E-state index contributed by atoms with van der Waals surface area (Å²) in [6.07, 6.45) is 1.77. The van der Waals surface area contributed by atoms with Crippen LogP contribution >= 0.6 is 0 Å². The van der Waals surface area contributed by atoms with Crippen LogP contribution in [0.15, 0.2) is 48.7 Å². The lowest BCUT2D eigenvalue weighted by atomic mass is 10.1. The van der Waals surface area contributed by atoms with E-state index in [1.807, 2.05) is 42.5 Å². The number of hydrogen-bond donors (Lipinski definition) is 1. The highest BCUT2D eigenvalue weighted by Gasteiger charge is 2.17. The van der Waals surface area contributed by atoms with E-state index < -0.39 is 0 Å². The molecule has 0 radical (unpaired) electrons. The van der Waals surface area contributed by atoms with Crippen molar-refractivity contribution in [1.82, 2.24) is 14.6 Å². The molecule has 1 aliphatic rings. The molecule has 32 heavy (non-hydrogen) atoms. The van der Waals surface area contributed by atoms with Crippen molar-refractivity contribution in [2.45, 2.75) is 6.54 Å². The van der Waals surface area contributed by atoms with E-state index in [0.717, 1.165) is 34.0 Å². The molecular formula is C23H22N4O5. The van der Waals surface area contributed by atoms with Crippen molar-refractivity contribution in [3.05, 3.63) is 54.2 Å². The Balaban J connectivity index is 1.45. The molecule has 4 aromatic rings. The van der Waals surface area contributed by atoms with E-state index in [9.17, 15) is 0 Å². The fraction of sp³-hybridized carbons (Fsp3) is 0.217. The van der Waals surface area contributed by atoms with Crippen LogP contribution in [-0.2, 0) is 6.54 Å². The second kappa shape index (κ2) is 8.18. The van der Waals surface area contributed by atoms with Crippen molar-refractivity contribution in [3.63, 3.8) is 0 Å². The highest BCUT2D eigenvalue weighted by atomic mass is 16.7. The number of anilines is 1. The number of imidazole rings is 1. The summed E-state index contributed by atoms with van der Waals surface area (Å²) >= 11 is 0. The summed E-state index contributed by atoms with van der Waals surface area (Å²) in [6.45, 7) is 0.845. The van der Waals surface area contributed by atoms with Crippen LogP contribution in [0.1, 0.15) is 5.56 Å². The number of rotatable bonds is 7. The Labute approximate surface area is 184 Å². The second-order valence-electron chi connectivity index (χ2n) is 7.09. The summed E-state index contributed by atoms with van der Waals surface area (Å²) < 4.78 is 29.0. The molecule has 3 heterocycles. The molecule has 2 aromatic carbocycles. The zero-order valence-corrected chi connectivity index (χ0v) is 17.9. The topological polar surface area (TPSA) is 88.4 Å². The van der Waals surface area contributed by atoms with E-state index in [1.54, 1.807) is 32.0 Å². The van der Waals surface area contributed by atoms with Crippen LogP contribution in [-0.4, -0.2) is 42.7 Å². The standard InChI is InChI=1S/C23H22N4O5/c1-28-19-9-15(10-20(29-2)23(19)30-3)16-12-25-22-7-6-21(26-27(16)22)24-11-14-4-5-17-18(8-14)32-13-31-17/h4-10,12H,11,13H2,1-3H3,(H,24,26). The van der Waals surface area contributed by atoms with Crippen molar-refractivity contribution >= 4 is 11.5 Å². The number of ether oxygens (including phenoxy) is 5. The smallest absolute Gasteiger partial charge is 0.231 e. The Morgan fingerprint density at radius 1 is 0.938 bits per heavy atom. The molecule has 0 fully saturated rings. The van der Waals surface area contributed by atoms with E-state index in [0.29, 0.717) is 29.6 Å². The fourth-order valence-corrected chi connectivity index (χ4v) is 3.64. The molecule has 2 aromatic heterocycles. The zero-order valence-electron chi connectivity index (χ0n) is 17.9. The first-order chi connectivity index (χ1) is 15.7. The molecule has 0 amide bonds. The average molecular weight is 434 g/mol. The lowest BCUT2D eigenvalue weighted by Gasteiger charge is -2.14. The molecule has 0 bridgehead atoms. The van der Waals surface area contributed by atoms with Crippen LogP contribution in [0.2, 0.25) is 0 Å². The van der Waals surface area contributed by atoms with Gasteiger partial charge in [0, 0.05) is 12.1 Å². The third kappa shape index (κ3) is 3.47. The highest BCUT2D eigenvalue weighted by molar-refractivity contribution is 5.70. The number of hydrogen-bond acceptors (Lipinski definition) is 8. The molecule has 0 aliphatic carbocycles. The normalized spacial score (nSPS) is 12.1. The van der Waals surface area contributed by atoms with E-state index in [4.69, 9.17) is 28.8 Å². The van der Waals surface area contributed by atoms with E-state index >= 15 is 0 Å². The maximum Gasteiger partial charge on any atom is 0.231 e. The van der Waals surface area contributed by atoms with Crippen molar-refractivity contribution < 1.29 is 23.7 Å². The van der Waals surface area contributed by atoms with Crippen LogP contribution in [0, 0.1) is 0 Å². The van der Waals surface area contributed by atoms with Gasteiger partial charge in [0.15, 0.2) is 28.6 Å². The quantitative estimate of drug-likeness (QED) is 0.470. The number of benzene rings is 2. The van der Waals surface area contributed by atoms with Crippen LogP contribution in [0.5, 0.6) is 28.7 Å². The molecule has 0 unspecified atom stereocenters. The minimum Gasteiger partial charge on any atom is -0.493 e. The van der Waals surface area contributed by atoms with Crippen LogP contribution in [0.25, 0.3) is 16.9 Å². The monoisotopic (exact) mass is 434 g/mol. The second-order valence-corrected chi connectivity index (χ2v) is 7.09. The van der Waals surface area contributed by atoms with Crippen molar-refractivity contribution in [2.24, 2.45) is 0 Å². The molecule has 0 atom stereocenters. The van der Waals surface area contributed by atoms with Gasteiger partial charge in [0.25, 0.3) is 0 Å². The van der Waals surface area contributed by atoms with Gasteiger partial charge in [-0.25, -0.2) is 9.50 Å². The summed E-state index contributed by atoms with van der Waals surface area (Å²) in [7, 11) is 4.76. The largest absolute Gasteiger partial charge is 0.493 e. The number of methoxy groups -OCH3 is 3. The molecule has 0 spiro atoms. The minimum atomic E-state index is 0.259. The Bertz CT molecular complexity index is 1260. The maximum absolute atomic E-state index is 5.49. The van der Waals surface area contributed by atoms with Gasteiger partial charge in [0.05, 0.1) is 33.2 Å². The number of nitrogens with one attached hydrogen (secondary N) is 1. The third-order valence-electron chi connectivity index (χ3n) is 5.23. The van der Waals surface area contributed by atoms with Crippen LogP contribution < -0.4 is 29.0 Å². The van der Waals surface area contributed by atoms with Crippen LogP contribution in [0.3, 0.4) is 0 Å². The number of nitrogens with zero attached hydrogens (tertiary/aromatic N) is 3. The van der Waals surface area contributed by atoms with Gasteiger partial charge >= 0.3 is 0 Å². The fourth-order valence-electron chi connectivity index (χ4n) is 3.64. The molecule has 5 rings (SSSR count). The molecule has 9 heteroatoms. The van der Waals surface area contributed by atoms with Crippen LogP contribution in [0.4, 0.5) is 5.82 Å².